The molecule has 0 saturated carbocycles. The van der Waals surface area contributed by atoms with Gasteiger partial charge in [-0.1, -0.05) is 30.3 Å². The molecule has 0 aliphatic rings. The average molecular weight is 184 g/mol. The Balaban J connectivity index is 1.96. The Bertz CT molecular complexity index is 333. The summed E-state index contributed by atoms with van der Waals surface area (Å²) in [5.74, 6) is 0.608. The van der Waals surface area contributed by atoms with Crippen molar-refractivity contribution >= 4 is 0 Å². The Hall–Kier alpha value is -1.83. The highest BCUT2D eigenvalue weighted by molar-refractivity contribution is 5.15. The zero-order valence-electron chi connectivity index (χ0n) is 7.68. The molecule has 0 saturated heterocycles. The van der Waals surface area contributed by atoms with Gasteiger partial charge in [-0.25, -0.2) is 4.98 Å². The summed E-state index contributed by atoms with van der Waals surface area (Å²) in [6, 6.07) is 16.4. The quantitative estimate of drug-likeness (QED) is 0.731. The van der Waals surface area contributed by atoms with Gasteiger partial charge in [0.15, 0.2) is 0 Å². The Morgan fingerprint density at radius 2 is 2.07 bits per heavy atom. The molecule has 0 aliphatic carbocycles. The van der Waals surface area contributed by atoms with Gasteiger partial charge in [-0.15, -0.1) is 0 Å². The number of rotatable bonds is 3. The minimum Gasteiger partial charge on any atom is -0.473 e. The van der Waals surface area contributed by atoms with Crippen molar-refractivity contribution in [3.05, 3.63) is 60.3 Å². The molecule has 0 fully saturated rings. The first kappa shape index (κ1) is 8.75. The first-order valence-corrected chi connectivity index (χ1v) is 4.44. The van der Waals surface area contributed by atoms with E-state index in [0.29, 0.717) is 12.5 Å². The molecule has 69 valence electrons. The molecular weight excluding hydrogens is 174 g/mol. The van der Waals surface area contributed by atoms with Gasteiger partial charge in [0.2, 0.25) is 5.88 Å². The van der Waals surface area contributed by atoms with E-state index in [-0.39, 0.29) is 0 Å². The molecule has 2 nitrogen and oxygen atoms in total. The van der Waals surface area contributed by atoms with Crippen molar-refractivity contribution in [1.82, 2.24) is 4.98 Å². The normalized spacial score (nSPS) is 9.71. The molecule has 2 aromatic rings. The van der Waals surface area contributed by atoms with Crippen molar-refractivity contribution in [3.63, 3.8) is 0 Å². The highest BCUT2D eigenvalue weighted by Gasteiger charge is 1.94. The van der Waals surface area contributed by atoms with E-state index < -0.39 is 0 Å². The van der Waals surface area contributed by atoms with Crippen LogP contribution < -0.4 is 4.74 Å². The fraction of sp³-hybridized carbons (Fsp3) is 0.0833. The Morgan fingerprint density at radius 1 is 1.21 bits per heavy atom. The number of aromatic nitrogens is 1. The molecule has 0 bridgehead atoms. The molecule has 1 radical (unpaired) electrons. The molecule has 1 heterocycles. The summed E-state index contributed by atoms with van der Waals surface area (Å²) in [6.07, 6.45) is 1.67. The third-order valence-electron chi connectivity index (χ3n) is 1.81. The number of ether oxygens (including phenoxy) is 1. The summed E-state index contributed by atoms with van der Waals surface area (Å²) in [5.41, 5.74) is 1.14. The number of pyridine rings is 1. The van der Waals surface area contributed by atoms with Crippen molar-refractivity contribution in [2.45, 2.75) is 6.61 Å². The zero-order valence-corrected chi connectivity index (χ0v) is 7.68. The maximum atomic E-state index is 5.45. The number of benzene rings is 1. The van der Waals surface area contributed by atoms with Crippen LogP contribution in [0.4, 0.5) is 0 Å². The van der Waals surface area contributed by atoms with E-state index in [9.17, 15) is 0 Å². The molecule has 2 heteroatoms. The minimum absolute atomic E-state index is 0.547. The van der Waals surface area contributed by atoms with Crippen molar-refractivity contribution < 1.29 is 4.74 Å². The Morgan fingerprint density at radius 3 is 2.79 bits per heavy atom. The third kappa shape index (κ3) is 2.33. The fourth-order valence-corrected chi connectivity index (χ4v) is 1.12. The Kier molecular flexibility index (Phi) is 2.76. The monoisotopic (exact) mass is 184 g/mol. The predicted molar refractivity (Wildman–Crippen MR) is 53.8 cm³/mol. The zero-order chi connectivity index (χ0) is 9.64. The van der Waals surface area contributed by atoms with E-state index >= 15 is 0 Å². The smallest absolute Gasteiger partial charge is 0.214 e. The molecule has 0 aliphatic heterocycles. The van der Waals surface area contributed by atoms with Crippen LogP contribution in [0.1, 0.15) is 5.56 Å². The van der Waals surface area contributed by atoms with Crippen LogP contribution >= 0.6 is 0 Å². The van der Waals surface area contributed by atoms with Crippen LogP contribution in [-0.4, -0.2) is 4.98 Å². The van der Waals surface area contributed by atoms with Crippen molar-refractivity contribution in [2.24, 2.45) is 0 Å². The Labute approximate surface area is 83.2 Å². The molecule has 1 aromatic heterocycles. The molecule has 0 N–H and O–H groups in total. The molecular formula is C12H10NO. The highest BCUT2D eigenvalue weighted by atomic mass is 16.5. The second kappa shape index (κ2) is 4.42. The van der Waals surface area contributed by atoms with Gasteiger partial charge in [-0.05, 0) is 17.7 Å². The van der Waals surface area contributed by atoms with Gasteiger partial charge in [-0.2, -0.15) is 0 Å². The van der Waals surface area contributed by atoms with Gasteiger partial charge in [0.05, 0.1) is 0 Å². The van der Waals surface area contributed by atoms with E-state index in [1.807, 2.05) is 30.3 Å². The maximum absolute atomic E-state index is 5.45. The molecule has 2 rings (SSSR count). The van der Waals surface area contributed by atoms with Crippen LogP contribution in [-0.2, 0) is 6.61 Å². The van der Waals surface area contributed by atoms with E-state index in [1.54, 1.807) is 18.3 Å². The highest BCUT2D eigenvalue weighted by Crippen LogP contribution is 2.07. The lowest BCUT2D eigenvalue weighted by Gasteiger charge is -2.03. The van der Waals surface area contributed by atoms with Crippen molar-refractivity contribution in [1.29, 1.82) is 0 Å². The van der Waals surface area contributed by atoms with E-state index in [4.69, 9.17) is 4.74 Å². The summed E-state index contributed by atoms with van der Waals surface area (Å²) in [4.78, 5) is 4.04. The largest absolute Gasteiger partial charge is 0.473 e. The summed E-state index contributed by atoms with van der Waals surface area (Å²) >= 11 is 0. The van der Waals surface area contributed by atoms with Gasteiger partial charge in [-0.3, -0.25) is 0 Å². The predicted octanol–water partition coefficient (Wildman–Crippen LogP) is 2.46. The van der Waals surface area contributed by atoms with Crippen molar-refractivity contribution in [2.75, 3.05) is 0 Å². The summed E-state index contributed by atoms with van der Waals surface area (Å²) in [7, 11) is 0. The summed E-state index contributed by atoms with van der Waals surface area (Å²) in [6.45, 7) is 0.547. The average Bonchev–Trinajstić information content (AvgIpc) is 2.29. The standard InChI is InChI=1S/C12H10NO/c1-2-6-11(7-3-1)10-14-12-8-4-5-9-13-12/h1-3,5-9H,10H2. The minimum atomic E-state index is 0.547. The second-order valence-corrected chi connectivity index (χ2v) is 2.87. The van der Waals surface area contributed by atoms with Gasteiger partial charge < -0.3 is 4.74 Å². The van der Waals surface area contributed by atoms with Crippen LogP contribution in [0.3, 0.4) is 0 Å². The van der Waals surface area contributed by atoms with Crippen LogP contribution in [0, 0.1) is 6.07 Å². The topological polar surface area (TPSA) is 22.1 Å². The lowest BCUT2D eigenvalue weighted by Crippen LogP contribution is -1.96. The van der Waals surface area contributed by atoms with E-state index in [2.05, 4.69) is 11.1 Å². The molecule has 1 aromatic carbocycles. The van der Waals surface area contributed by atoms with Gasteiger partial charge >= 0.3 is 0 Å². The van der Waals surface area contributed by atoms with Gasteiger partial charge in [0.1, 0.15) is 6.61 Å². The number of hydrogen-bond acceptors (Lipinski definition) is 2. The summed E-state index contributed by atoms with van der Waals surface area (Å²) in [5, 5.41) is 0. The second-order valence-electron chi connectivity index (χ2n) is 2.87. The maximum Gasteiger partial charge on any atom is 0.214 e. The van der Waals surface area contributed by atoms with Crippen LogP contribution in [0.25, 0.3) is 0 Å². The van der Waals surface area contributed by atoms with E-state index in [0.717, 1.165) is 5.56 Å². The molecule has 14 heavy (non-hydrogen) atoms. The molecule has 0 atom stereocenters. The van der Waals surface area contributed by atoms with Crippen LogP contribution in [0.2, 0.25) is 0 Å². The SMILES string of the molecule is [c]1ccnc(OCc2ccccc2)c1. The van der Waals surface area contributed by atoms with Crippen molar-refractivity contribution in [3.8, 4) is 5.88 Å². The third-order valence-corrected chi connectivity index (χ3v) is 1.81. The number of hydrogen-bond donors (Lipinski definition) is 0. The van der Waals surface area contributed by atoms with Crippen LogP contribution in [0.5, 0.6) is 5.88 Å². The van der Waals surface area contributed by atoms with Crippen LogP contribution in [0.15, 0.2) is 48.7 Å². The molecule has 0 unspecified atom stereocenters. The van der Waals surface area contributed by atoms with Gasteiger partial charge in [0, 0.05) is 12.3 Å². The summed E-state index contributed by atoms with van der Waals surface area (Å²) < 4.78 is 5.45. The van der Waals surface area contributed by atoms with Gasteiger partial charge in [0.25, 0.3) is 0 Å². The fourth-order valence-electron chi connectivity index (χ4n) is 1.12. The first-order chi connectivity index (χ1) is 6.95. The molecule has 0 spiro atoms. The number of nitrogens with zero attached hydrogens (tertiary/aromatic N) is 1. The first-order valence-electron chi connectivity index (χ1n) is 4.44. The lowest BCUT2D eigenvalue weighted by atomic mass is 10.2. The lowest BCUT2D eigenvalue weighted by molar-refractivity contribution is 0.294. The van der Waals surface area contributed by atoms with E-state index in [1.165, 1.54) is 0 Å². The molecule has 0 amide bonds.